The summed E-state index contributed by atoms with van der Waals surface area (Å²) in [6.07, 6.45) is -1.62. The van der Waals surface area contributed by atoms with Crippen molar-refractivity contribution in [1.29, 1.82) is 0 Å². The topological polar surface area (TPSA) is 299 Å². The van der Waals surface area contributed by atoms with Gasteiger partial charge in [0.25, 0.3) is 0 Å². The molecule has 0 radical (unpaired) electrons. The Morgan fingerprint density at radius 2 is 1.97 bits per heavy atom. The van der Waals surface area contributed by atoms with Gasteiger partial charge in [-0.3, -0.25) is 9.09 Å². The molecule has 2 unspecified atom stereocenters. The fourth-order valence-electron chi connectivity index (χ4n) is 2.59. The number of azide groups is 1. The number of aliphatic hydroxyl groups is 1. The van der Waals surface area contributed by atoms with Crippen LogP contribution < -0.4 is 11.4 Å². The third-order valence-electron chi connectivity index (χ3n) is 3.93. The Morgan fingerprint density at radius 3 is 2.52 bits per heavy atom. The molecule has 1 aromatic rings. The standard InChI is InChI=1S/C10H16FN6O13P3/c11-10(19)3-7(17-2-1-6(12)15-8(17)18)28-9(10,4-14-16-13)5-27-32(23,24)30-33(25,26)29-31(20,21)22/h1-2,7,19H,3-5H2,(H,23,24)(H,25,26)(H2,12,15,18)(H2,20,21,22)/t7-,9-,10+/m1/s1. The van der Waals surface area contributed by atoms with Crippen molar-refractivity contribution in [2.24, 2.45) is 5.11 Å². The lowest BCUT2D eigenvalue weighted by Gasteiger charge is -2.34. The van der Waals surface area contributed by atoms with Crippen LogP contribution in [-0.2, 0) is 31.6 Å². The van der Waals surface area contributed by atoms with E-state index < -0.39 is 66.4 Å². The minimum absolute atomic E-state index is 0.197. The first-order valence-corrected chi connectivity index (χ1v) is 12.7. The number of hydrogen-bond acceptors (Lipinski definition) is 12. The van der Waals surface area contributed by atoms with Crippen molar-refractivity contribution in [3.8, 4) is 0 Å². The lowest BCUT2D eigenvalue weighted by molar-refractivity contribution is -0.210. The van der Waals surface area contributed by atoms with Crippen molar-refractivity contribution in [1.82, 2.24) is 9.55 Å². The highest BCUT2D eigenvalue weighted by atomic mass is 31.3. The summed E-state index contributed by atoms with van der Waals surface area (Å²) in [5.41, 5.74) is 10.1. The monoisotopic (exact) mass is 540 g/mol. The number of phosphoric ester groups is 1. The minimum atomic E-state index is -5.89. The summed E-state index contributed by atoms with van der Waals surface area (Å²) in [5, 5.41) is 13.2. The van der Waals surface area contributed by atoms with Crippen LogP contribution in [0.3, 0.4) is 0 Å². The van der Waals surface area contributed by atoms with Crippen molar-refractivity contribution < 1.29 is 60.6 Å². The SMILES string of the molecule is [N-]=[N+]=NC[C@]1(COP(=O)(O)OP(=O)(O)OP(=O)(O)O)O[C@@H](n2ccc(N)nc2=O)C[C@@]1(O)F. The number of phosphoric acid groups is 3. The van der Waals surface area contributed by atoms with E-state index in [9.17, 15) is 28.5 Å². The zero-order valence-corrected chi connectivity index (χ0v) is 18.6. The molecule has 2 rings (SSSR count). The molecular weight excluding hydrogens is 524 g/mol. The number of hydrogen-bond donors (Lipinski definition) is 6. The number of aromatic nitrogens is 2. The van der Waals surface area contributed by atoms with Crippen LogP contribution in [-0.4, -0.2) is 58.8 Å². The van der Waals surface area contributed by atoms with Crippen LogP contribution in [0.4, 0.5) is 10.2 Å². The molecule has 5 atom stereocenters. The van der Waals surface area contributed by atoms with E-state index in [0.717, 1.165) is 12.3 Å². The molecule has 1 fully saturated rings. The van der Waals surface area contributed by atoms with Gasteiger partial charge in [-0.15, -0.1) is 0 Å². The van der Waals surface area contributed by atoms with E-state index in [2.05, 4.69) is 28.2 Å². The number of nitrogens with two attached hydrogens (primary N) is 1. The van der Waals surface area contributed by atoms with E-state index in [-0.39, 0.29) is 5.82 Å². The van der Waals surface area contributed by atoms with E-state index in [1.54, 1.807) is 0 Å². The zero-order valence-electron chi connectivity index (χ0n) is 15.9. The highest BCUT2D eigenvalue weighted by Crippen LogP contribution is 2.66. The summed E-state index contributed by atoms with van der Waals surface area (Å²) >= 11 is 0. The smallest absolute Gasteiger partial charge is 0.383 e. The summed E-state index contributed by atoms with van der Waals surface area (Å²) in [6.45, 7) is -2.60. The number of nitrogen functional groups attached to an aromatic ring is 1. The average Bonchev–Trinajstić information content (AvgIpc) is 2.86. The van der Waals surface area contributed by atoms with E-state index >= 15 is 4.39 Å². The molecule has 7 N–H and O–H groups in total. The molecule has 19 nitrogen and oxygen atoms in total. The van der Waals surface area contributed by atoms with E-state index in [1.165, 1.54) is 0 Å². The maximum absolute atomic E-state index is 15.1. The van der Waals surface area contributed by atoms with Gasteiger partial charge >= 0.3 is 29.2 Å². The van der Waals surface area contributed by atoms with Gasteiger partial charge in [0.2, 0.25) is 5.85 Å². The molecule has 186 valence electrons. The number of ether oxygens (including phenoxy) is 1. The van der Waals surface area contributed by atoms with Crippen LogP contribution >= 0.6 is 23.5 Å². The number of nitrogens with zero attached hydrogens (tertiary/aromatic N) is 5. The van der Waals surface area contributed by atoms with Crippen LogP contribution in [0.25, 0.3) is 10.4 Å². The second-order valence-electron chi connectivity index (χ2n) is 6.33. The largest absolute Gasteiger partial charge is 0.490 e. The first-order valence-electron chi connectivity index (χ1n) is 8.14. The van der Waals surface area contributed by atoms with Gasteiger partial charge in [-0.05, 0) is 11.6 Å². The molecule has 0 amide bonds. The molecule has 1 aliphatic heterocycles. The van der Waals surface area contributed by atoms with Gasteiger partial charge < -0.3 is 35.2 Å². The molecule has 23 heteroatoms. The molecule has 0 aliphatic carbocycles. The second kappa shape index (κ2) is 9.48. The Hall–Kier alpha value is -1.75. The number of rotatable bonds is 10. The summed E-state index contributed by atoms with van der Waals surface area (Å²) in [5.74, 6) is -3.70. The Morgan fingerprint density at radius 1 is 1.33 bits per heavy atom. The average molecular weight is 540 g/mol. The van der Waals surface area contributed by atoms with E-state index in [0.29, 0.717) is 4.57 Å². The Labute approximate surface area is 181 Å². The van der Waals surface area contributed by atoms with Crippen LogP contribution in [0.1, 0.15) is 12.6 Å². The molecule has 1 aliphatic rings. The summed E-state index contributed by atoms with van der Waals surface area (Å²) in [7, 11) is -17.3. The quantitative estimate of drug-likeness (QED) is 0.0968. The van der Waals surface area contributed by atoms with Crippen molar-refractivity contribution in [2.45, 2.75) is 24.1 Å². The lowest BCUT2D eigenvalue weighted by atomic mass is 9.95. The zero-order chi connectivity index (χ0) is 25.3. The Balaban J connectivity index is 2.31. The third-order valence-corrected chi connectivity index (χ3v) is 7.72. The molecule has 0 bridgehead atoms. The summed E-state index contributed by atoms with van der Waals surface area (Å²) in [6, 6.07) is 1.13. The summed E-state index contributed by atoms with van der Waals surface area (Å²) < 4.78 is 66.4. The van der Waals surface area contributed by atoms with Gasteiger partial charge in [-0.2, -0.15) is 13.6 Å². The number of alkyl halides is 1. The van der Waals surface area contributed by atoms with Gasteiger partial charge in [0.05, 0.1) is 19.6 Å². The van der Waals surface area contributed by atoms with Gasteiger partial charge in [0, 0.05) is 11.1 Å². The van der Waals surface area contributed by atoms with E-state index in [1.807, 2.05) is 0 Å². The Kier molecular flexibility index (Phi) is 7.90. The van der Waals surface area contributed by atoms with Crippen molar-refractivity contribution >= 4 is 29.3 Å². The maximum atomic E-state index is 15.1. The molecule has 1 aromatic heterocycles. The first kappa shape index (κ1) is 27.5. The van der Waals surface area contributed by atoms with Gasteiger partial charge in [0.15, 0.2) is 5.60 Å². The molecule has 33 heavy (non-hydrogen) atoms. The molecular formula is C10H16FN6O13P3. The van der Waals surface area contributed by atoms with Crippen molar-refractivity contribution in [2.75, 3.05) is 18.9 Å². The fraction of sp³-hybridized carbons (Fsp3) is 0.600. The Bertz CT molecular complexity index is 1150. The van der Waals surface area contributed by atoms with Crippen LogP contribution in [0.15, 0.2) is 22.2 Å². The van der Waals surface area contributed by atoms with Gasteiger partial charge in [-0.1, -0.05) is 5.11 Å². The molecule has 0 saturated carbocycles. The predicted octanol–water partition coefficient (Wildman–Crippen LogP) is -0.205. The fourth-order valence-corrected chi connectivity index (χ4v) is 5.66. The third kappa shape index (κ3) is 7.11. The first-order chi connectivity index (χ1) is 14.9. The predicted molar refractivity (Wildman–Crippen MR) is 100 cm³/mol. The normalized spacial score (nSPS) is 29.1. The van der Waals surface area contributed by atoms with Gasteiger partial charge in [-0.25, -0.2) is 22.9 Å². The summed E-state index contributed by atoms with van der Waals surface area (Å²) in [4.78, 5) is 53.5. The van der Waals surface area contributed by atoms with Crippen LogP contribution in [0.5, 0.6) is 0 Å². The van der Waals surface area contributed by atoms with E-state index in [4.69, 9.17) is 30.7 Å². The maximum Gasteiger partial charge on any atom is 0.490 e. The number of anilines is 1. The highest BCUT2D eigenvalue weighted by Gasteiger charge is 2.62. The second-order valence-corrected chi connectivity index (χ2v) is 10.7. The molecule has 1 saturated heterocycles. The van der Waals surface area contributed by atoms with Crippen LogP contribution in [0, 0.1) is 0 Å². The van der Waals surface area contributed by atoms with Crippen molar-refractivity contribution in [3.63, 3.8) is 0 Å². The molecule has 0 aromatic carbocycles. The number of halogens is 1. The highest BCUT2D eigenvalue weighted by molar-refractivity contribution is 7.66. The molecule has 0 spiro atoms. The van der Waals surface area contributed by atoms with Gasteiger partial charge in [0.1, 0.15) is 12.0 Å². The van der Waals surface area contributed by atoms with Crippen molar-refractivity contribution in [3.05, 3.63) is 33.2 Å². The lowest BCUT2D eigenvalue weighted by Crippen LogP contribution is -2.53. The minimum Gasteiger partial charge on any atom is -0.383 e. The van der Waals surface area contributed by atoms with Crippen LogP contribution in [0.2, 0.25) is 0 Å². The molecule has 2 heterocycles.